The van der Waals surface area contributed by atoms with E-state index in [0.717, 1.165) is 45.0 Å². The lowest BCUT2D eigenvalue weighted by molar-refractivity contribution is 0.121. The Morgan fingerprint density at radius 3 is 3.17 bits per heavy atom. The van der Waals surface area contributed by atoms with Crippen LogP contribution in [0.25, 0.3) is 5.52 Å². The maximum atomic E-state index is 5.85. The molecule has 6 nitrogen and oxygen atoms in total. The van der Waals surface area contributed by atoms with Crippen LogP contribution in [0.1, 0.15) is 11.4 Å². The standard InChI is InChI=1S/C18H23N5O/c1-21-14-19-10-16(21)12-22-7-8-24-13-15(11-22)9-17-18-3-2-5-23(18)6-4-20-17/h2-6,10,14-15H,7-9,11-13H2,1H3. The summed E-state index contributed by atoms with van der Waals surface area (Å²) >= 11 is 0. The third-order valence-corrected chi connectivity index (χ3v) is 4.74. The van der Waals surface area contributed by atoms with Gasteiger partial charge in [0.25, 0.3) is 0 Å². The molecule has 1 saturated heterocycles. The van der Waals surface area contributed by atoms with Crippen molar-refractivity contribution in [1.82, 2.24) is 23.8 Å². The van der Waals surface area contributed by atoms with Crippen molar-refractivity contribution in [3.8, 4) is 0 Å². The van der Waals surface area contributed by atoms with E-state index in [0.29, 0.717) is 5.92 Å². The zero-order chi connectivity index (χ0) is 16.4. The van der Waals surface area contributed by atoms with E-state index < -0.39 is 0 Å². The highest BCUT2D eigenvalue weighted by atomic mass is 16.5. The van der Waals surface area contributed by atoms with Gasteiger partial charge in [-0.1, -0.05) is 0 Å². The van der Waals surface area contributed by atoms with Gasteiger partial charge >= 0.3 is 0 Å². The van der Waals surface area contributed by atoms with E-state index in [1.165, 1.54) is 11.2 Å². The summed E-state index contributed by atoms with van der Waals surface area (Å²) in [7, 11) is 2.05. The Labute approximate surface area is 141 Å². The Morgan fingerprint density at radius 2 is 2.29 bits per heavy atom. The second-order valence-corrected chi connectivity index (χ2v) is 6.55. The van der Waals surface area contributed by atoms with Crippen molar-refractivity contribution in [2.75, 3.05) is 26.3 Å². The van der Waals surface area contributed by atoms with E-state index in [1.54, 1.807) is 0 Å². The van der Waals surface area contributed by atoms with Crippen LogP contribution in [0.2, 0.25) is 0 Å². The number of hydrogen-bond acceptors (Lipinski definition) is 4. The Balaban J connectivity index is 1.48. The van der Waals surface area contributed by atoms with Gasteiger partial charge in [0, 0.05) is 57.4 Å². The summed E-state index contributed by atoms with van der Waals surface area (Å²) in [5.74, 6) is 0.453. The van der Waals surface area contributed by atoms with Gasteiger partial charge in [-0.25, -0.2) is 4.98 Å². The molecule has 0 saturated carbocycles. The average molecular weight is 325 g/mol. The number of rotatable bonds is 4. The summed E-state index contributed by atoms with van der Waals surface area (Å²) in [6, 6.07) is 4.20. The number of hydrogen-bond donors (Lipinski definition) is 0. The van der Waals surface area contributed by atoms with Gasteiger partial charge in [0.1, 0.15) is 0 Å². The largest absolute Gasteiger partial charge is 0.380 e. The topological polar surface area (TPSA) is 47.6 Å². The first-order chi connectivity index (χ1) is 11.8. The van der Waals surface area contributed by atoms with Crippen LogP contribution >= 0.6 is 0 Å². The van der Waals surface area contributed by atoms with Crippen LogP contribution < -0.4 is 0 Å². The van der Waals surface area contributed by atoms with Crippen LogP contribution in [0.4, 0.5) is 0 Å². The molecule has 1 aliphatic heterocycles. The number of fused-ring (bicyclic) bond motifs is 1. The minimum Gasteiger partial charge on any atom is -0.380 e. The van der Waals surface area contributed by atoms with Crippen molar-refractivity contribution in [3.05, 3.63) is 54.6 Å². The van der Waals surface area contributed by atoms with Crippen molar-refractivity contribution in [3.63, 3.8) is 0 Å². The van der Waals surface area contributed by atoms with E-state index in [9.17, 15) is 0 Å². The van der Waals surface area contributed by atoms with Gasteiger partial charge in [-0.3, -0.25) is 9.88 Å². The highest BCUT2D eigenvalue weighted by molar-refractivity contribution is 5.52. The molecule has 0 spiro atoms. The average Bonchev–Trinajstić information content (AvgIpc) is 3.15. The van der Waals surface area contributed by atoms with E-state index in [2.05, 4.69) is 42.2 Å². The van der Waals surface area contributed by atoms with Crippen LogP contribution in [0.5, 0.6) is 0 Å². The predicted molar refractivity (Wildman–Crippen MR) is 91.7 cm³/mol. The van der Waals surface area contributed by atoms with Crippen molar-refractivity contribution < 1.29 is 4.74 Å². The molecule has 1 fully saturated rings. The maximum Gasteiger partial charge on any atom is 0.0945 e. The van der Waals surface area contributed by atoms with Gasteiger partial charge in [-0.05, 0) is 18.6 Å². The fourth-order valence-electron chi connectivity index (χ4n) is 3.45. The predicted octanol–water partition coefficient (Wildman–Crippen LogP) is 1.76. The van der Waals surface area contributed by atoms with Crippen LogP contribution in [-0.2, 0) is 24.8 Å². The van der Waals surface area contributed by atoms with Crippen molar-refractivity contribution >= 4 is 5.52 Å². The molecule has 4 rings (SSSR count). The third kappa shape index (κ3) is 3.20. The highest BCUT2D eigenvalue weighted by Gasteiger charge is 2.21. The number of imidazole rings is 1. The maximum absolute atomic E-state index is 5.85. The normalized spacial score (nSPS) is 19.6. The minimum absolute atomic E-state index is 0.453. The van der Waals surface area contributed by atoms with Gasteiger partial charge < -0.3 is 13.7 Å². The van der Waals surface area contributed by atoms with Gasteiger partial charge in [-0.15, -0.1) is 0 Å². The molecule has 4 heterocycles. The Morgan fingerprint density at radius 1 is 1.33 bits per heavy atom. The second-order valence-electron chi connectivity index (χ2n) is 6.55. The Bertz CT molecular complexity index is 808. The SMILES string of the molecule is Cn1cncc1CN1CCOCC(Cc2nccn3cccc23)C1. The first-order valence-electron chi connectivity index (χ1n) is 8.45. The summed E-state index contributed by atoms with van der Waals surface area (Å²) in [6.45, 7) is 4.49. The van der Waals surface area contributed by atoms with E-state index >= 15 is 0 Å². The molecule has 3 aromatic rings. The summed E-state index contributed by atoms with van der Waals surface area (Å²) in [4.78, 5) is 11.3. The molecular formula is C18H23N5O. The van der Waals surface area contributed by atoms with Gasteiger partial charge in [-0.2, -0.15) is 0 Å². The quantitative estimate of drug-likeness (QED) is 0.733. The van der Waals surface area contributed by atoms with Crippen molar-refractivity contribution in [2.45, 2.75) is 13.0 Å². The molecule has 6 heteroatoms. The number of aromatic nitrogens is 4. The fourth-order valence-corrected chi connectivity index (χ4v) is 3.45. The molecular weight excluding hydrogens is 302 g/mol. The smallest absolute Gasteiger partial charge is 0.0945 e. The lowest BCUT2D eigenvalue weighted by atomic mass is 10.0. The monoisotopic (exact) mass is 325 g/mol. The fraction of sp³-hybridized carbons (Fsp3) is 0.444. The molecule has 0 radical (unpaired) electrons. The molecule has 0 bridgehead atoms. The van der Waals surface area contributed by atoms with E-state index in [4.69, 9.17) is 4.74 Å². The molecule has 0 N–H and O–H groups in total. The molecule has 1 atom stereocenters. The summed E-state index contributed by atoms with van der Waals surface area (Å²) < 4.78 is 10.1. The number of ether oxygens (including phenoxy) is 1. The molecule has 1 unspecified atom stereocenters. The van der Waals surface area contributed by atoms with Gasteiger partial charge in [0.2, 0.25) is 0 Å². The zero-order valence-corrected chi connectivity index (χ0v) is 14.0. The third-order valence-electron chi connectivity index (χ3n) is 4.74. The molecule has 1 aliphatic rings. The highest BCUT2D eigenvalue weighted by Crippen LogP contribution is 2.18. The lowest BCUT2D eigenvalue weighted by Gasteiger charge is -2.23. The van der Waals surface area contributed by atoms with Crippen molar-refractivity contribution in [1.29, 1.82) is 0 Å². The Kier molecular flexibility index (Phi) is 4.32. The summed E-state index contributed by atoms with van der Waals surface area (Å²) in [6.07, 6.45) is 10.7. The molecule has 0 amide bonds. The summed E-state index contributed by atoms with van der Waals surface area (Å²) in [5.41, 5.74) is 3.58. The van der Waals surface area contributed by atoms with Crippen molar-refractivity contribution in [2.24, 2.45) is 13.0 Å². The van der Waals surface area contributed by atoms with Crippen LogP contribution in [0, 0.1) is 5.92 Å². The van der Waals surface area contributed by atoms with E-state index in [1.807, 2.05) is 32.0 Å². The minimum atomic E-state index is 0.453. The molecule has 126 valence electrons. The second kappa shape index (κ2) is 6.75. The van der Waals surface area contributed by atoms with Gasteiger partial charge in [0.15, 0.2) is 0 Å². The van der Waals surface area contributed by atoms with Gasteiger partial charge in [0.05, 0.1) is 36.4 Å². The number of nitrogens with zero attached hydrogens (tertiary/aromatic N) is 5. The molecule has 0 aromatic carbocycles. The molecule has 3 aromatic heterocycles. The summed E-state index contributed by atoms with van der Waals surface area (Å²) in [5, 5.41) is 0. The molecule has 0 aliphatic carbocycles. The van der Waals surface area contributed by atoms with E-state index in [-0.39, 0.29) is 0 Å². The van der Waals surface area contributed by atoms with Crippen LogP contribution in [0.15, 0.2) is 43.2 Å². The first-order valence-corrected chi connectivity index (χ1v) is 8.45. The Hall–Kier alpha value is -2.18. The number of aryl methyl sites for hydroxylation is 1. The van der Waals surface area contributed by atoms with Crippen LogP contribution in [-0.4, -0.2) is 50.1 Å². The zero-order valence-electron chi connectivity index (χ0n) is 14.0. The first kappa shape index (κ1) is 15.4. The van der Waals surface area contributed by atoms with Crippen LogP contribution in [0.3, 0.4) is 0 Å². The molecule has 24 heavy (non-hydrogen) atoms. The lowest BCUT2D eigenvalue weighted by Crippen LogP contribution is -2.31.